The molecule has 1 unspecified atom stereocenters. The lowest BCUT2D eigenvalue weighted by atomic mass is 10.2. The lowest BCUT2D eigenvalue weighted by Gasteiger charge is -2.15. The number of nitrogens with zero attached hydrogens (tertiary/aromatic N) is 2. The van der Waals surface area contributed by atoms with Crippen LogP contribution in [-0.2, 0) is 4.74 Å². The van der Waals surface area contributed by atoms with Crippen LogP contribution in [0.4, 0.5) is 23.0 Å². The predicted octanol–water partition coefficient (Wildman–Crippen LogP) is 3.36. The summed E-state index contributed by atoms with van der Waals surface area (Å²) in [6, 6.07) is 5.72. The van der Waals surface area contributed by atoms with E-state index in [1.165, 1.54) is 6.33 Å². The fraction of sp³-hybridized carbons (Fsp3) is 0.375. The Labute approximate surface area is 140 Å². The van der Waals surface area contributed by atoms with E-state index in [1.807, 2.05) is 25.1 Å². The van der Waals surface area contributed by atoms with Crippen LogP contribution in [-0.4, -0.2) is 29.2 Å². The summed E-state index contributed by atoms with van der Waals surface area (Å²) in [5.74, 6) is 1.16. The minimum absolute atomic E-state index is 0.219. The van der Waals surface area contributed by atoms with Crippen molar-refractivity contribution in [2.75, 3.05) is 29.5 Å². The van der Waals surface area contributed by atoms with Crippen molar-refractivity contribution in [1.82, 2.24) is 9.97 Å². The van der Waals surface area contributed by atoms with Crippen molar-refractivity contribution >= 4 is 34.6 Å². The molecule has 7 heteroatoms. The van der Waals surface area contributed by atoms with E-state index >= 15 is 0 Å². The number of nitrogens with two attached hydrogens (primary N) is 1. The van der Waals surface area contributed by atoms with Crippen LogP contribution in [0.5, 0.6) is 0 Å². The first-order valence-corrected chi connectivity index (χ1v) is 8.00. The van der Waals surface area contributed by atoms with Crippen molar-refractivity contribution in [2.24, 2.45) is 0 Å². The molecule has 0 aliphatic carbocycles. The highest BCUT2D eigenvalue weighted by atomic mass is 35.5. The average molecular weight is 334 g/mol. The fourth-order valence-corrected chi connectivity index (χ4v) is 2.64. The zero-order valence-corrected chi connectivity index (χ0v) is 13.7. The summed E-state index contributed by atoms with van der Waals surface area (Å²) in [5, 5.41) is 7.11. The van der Waals surface area contributed by atoms with Crippen LogP contribution in [0.25, 0.3) is 0 Å². The molecule has 0 saturated carbocycles. The zero-order valence-electron chi connectivity index (χ0n) is 13.0. The van der Waals surface area contributed by atoms with Crippen molar-refractivity contribution in [3.05, 3.63) is 35.1 Å². The van der Waals surface area contributed by atoms with Gasteiger partial charge in [0, 0.05) is 23.9 Å². The summed E-state index contributed by atoms with van der Waals surface area (Å²) < 4.78 is 5.59. The maximum absolute atomic E-state index is 6.16. The number of hydrogen-bond donors (Lipinski definition) is 3. The third kappa shape index (κ3) is 3.83. The molecular weight excluding hydrogens is 314 g/mol. The molecule has 2 heterocycles. The van der Waals surface area contributed by atoms with Crippen LogP contribution in [0.3, 0.4) is 0 Å². The number of hydrogen-bond acceptors (Lipinski definition) is 6. The Hall–Kier alpha value is -2.05. The van der Waals surface area contributed by atoms with Gasteiger partial charge in [-0.1, -0.05) is 17.7 Å². The molecule has 0 spiro atoms. The maximum Gasteiger partial charge on any atom is 0.159 e. The van der Waals surface area contributed by atoms with Crippen molar-refractivity contribution in [1.29, 1.82) is 0 Å². The zero-order chi connectivity index (χ0) is 16.2. The number of anilines is 4. The number of rotatable bonds is 5. The topological polar surface area (TPSA) is 85.1 Å². The van der Waals surface area contributed by atoms with Crippen LogP contribution >= 0.6 is 11.6 Å². The van der Waals surface area contributed by atoms with E-state index in [1.54, 1.807) is 0 Å². The smallest absolute Gasteiger partial charge is 0.159 e. The summed E-state index contributed by atoms with van der Waals surface area (Å²) in [7, 11) is 0. The third-order valence-electron chi connectivity index (χ3n) is 3.84. The molecule has 0 radical (unpaired) electrons. The molecule has 1 aromatic heterocycles. The van der Waals surface area contributed by atoms with Gasteiger partial charge in [-0.05, 0) is 37.5 Å². The number of benzene rings is 1. The second kappa shape index (κ2) is 7.02. The normalized spacial score (nSPS) is 17.2. The maximum atomic E-state index is 6.16. The van der Waals surface area contributed by atoms with E-state index in [9.17, 15) is 0 Å². The number of ether oxygens (including phenoxy) is 1. The van der Waals surface area contributed by atoms with Gasteiger partial charge in [0.25, 0.3) is 0 Å². The van der Waals surface area contributed by atoms with E-state index in [0.29, 0.717) is 28.9 Å². The lowest BCUT2D eigenvalue weighted by molar-refractivity contribution is 0.120. The van der Waals surface area contributed by atoms with Gasteiger partial charge in [-0.15, -0.1) is 0 Å². The highest BCUT2D eigenvalue weighted by molar-refractivity contribution is 6.31. The molecule has 1 saturated heterocycles. The predicted molar refractivity (Wildman–Crippen MR) is 93.4 cm³/mol. The molecule has 122 valence electrons. The summed E-state index contributed by atoms with van der Waals surface area (Å²) in [6.45, 7) is 3.47. The standard InChI is InChI=1S/C16H20ClN5O/c1-10-4-5-11(7-13(10)17)22-16-14(18)15(20-9-21-16)19-8-12-3-2-6-23-12/h4-5,7,9,12H,2-3,6,8,18H2,1H3,(H2,19,20,21,22). The highest BCUT2D eigenvalue weighted by Gasteiger charge is 2.16. The van der Waals surface area contributed by atoms with Crippen molar-refractivity contribution in [2.45, 2.75) is 25.9 Å². The number of aryl methyl sites for hydroxylation is 1. The quantitative estimate of drug-likeness (QED) is 0.778. The lowest BCUT2D eigenvalue weighted by Crippen LogP contribution is -2.20. The average Bonchev–Trinajstić information content (AvgIpc) is 3.05. The molecule has 1 aliphatic rings. The van der Waals surface area contributed by atoms with E-state index in [2.05, 4.69) is 20.6 Å². The molecule has 6 nitrogen and oxygen atoms in total. The Morgan fingerprint density at radius 1 is 1.35 bits per heavy atom. The highest BCUT2D eigenvalue weighted by Crippen LogP contribution is 2.28. The minimum Gasteiger partial charge on any atom is -0.393 e. The molecule has 0 bridgehead atoms. The molecule has 1 aliphatic heterocycles. The van der Waals surface area contributed by atoms with Gasteiger partial charge in [-0.2, -0.15) is 0 Å². The van der Waals surface area contributed by atoms with Gasteiger partial charge in [-0.25, -0.2) is 9.97 Å². The van der Waals surface area contributed by atoms with E-state index in [4.69, 9.17) is 22.1 Å². The molecule has 1 fully saturated rings. The van der Waals surface area contributed by atoms with Crippen LogP contribution in [0.2, 0.25) is 5.02 Å². The van der Waals surface area contributed by atoms with E-state index in [0.717, 1.165) is 30.7 Å². The number of aromatic nitrogens is 2. The summed E-state index contributed by atoms with van der Waals surface area (Å²) in [6.07, 6.45) is 3.86. The molecule has 1 aromatic carbocycles. The van der Waals surface area contributed by atoms with Crippen molar-refractivity contribution in [3.63, 3.8) is 0 Å². The molecule has 4 N–H and O–H groups in total. The molecule has 23 heavy (non-hydrogen) atoms. The van der Waals surface area contributed by atoms with Crippen LogP contribution < -0.4 is 16.4 Å². The Morgan fingerprint density at radius 2 is 2.17 bits per heavy atom. The fourth-order valence-electron chi connectivity index (χ4n) is 2.46. The van der Waals surface area contributed by atoms with Gasteiger partial charge in [0.2, 0.25) is 0 Å². The van der Waals surface area contributed by atoms with E-state index < -0.39 is 0 Å². The van der Waals surface area contributed by atoms with Crippen LogP contribution in [0.1, 0.15) is 18.4 Å². The van der Waals surface area contributed by atoms with Crippen LogP contribution in [0.15, 0.2) is 24.5 Å². The molecule has 0 amide bonds. The minimum atomic E-state index is 0.219. The Kier molecular flexibility index (Phi) is 4.83. The molecule has 3 rings (SSSR count). The number of nitrogens with one attached hydrogen (secondary N) is 2. The van der Waals surface area contributed by atoms with Gasteiger partial charge in [0.05, 0.1) is 6.10 Å². The first-order chi connectivity index (χ1) is 11.1. The van der Waals surface area contributed by atoms with Crippen molar-refractivity contribution in [3.8, 4) is 0 Å². The Bertz CT molecular complexity index is 688. The SMILES string of the molecule is Cc1ccc(Nc2ncnc(NCC3CCCO3)c2N)cc1Cl. The Balaban J connectivity index is 1.71. The molecular formula is C16H20ClN5O. The number of nitrogen functional groups attached to an aromatic ring is 1. The third-order valence-corrected chi connectivity index (χ3v) is 4.25. The molecule has 1 atom stereocenters. The van der Waals surface area contributed by atoms with Crippen molar-refractivity contribution < 1.29 is 4.74 Å². The molecule has 2 aromatic rings. The van der Waals surface area contributed by atoms with E-state index in [-0.39, 0.29) is 6.10 Å². The van der Waals surface area contributed by atoms with Gasteiger partial charge in [-0.3, -0.25) is 0 Å². The summed E-state index contributed by atoms with van der Waals surface area (Å²) in [5.41, 5.74) is 8.48. The monoisotopic (exact) mass is 333 g/mol. The van der Waals surface area contributed by atoms with Gasteiger partial charge in [0.1, 0.15) is 12.0 Å². The largest absolute Gasteiger partial charge is 0.393 e. The second-order valence-electron chi connectivity index (χ2n) is 5.59. The van der Waals surface area contributed by atoms with Gasteiger partial charge >= 0.3 is 0 Å². The van der Waals surface area contributed by atoms with Gasteiger partial charge < -0.3 is 21.1 Å². The second-order valence-corrected chi connectivity index (χ2v) is 6.00. The first kappa shape index (κ1) is 15.8. The Morgan fingerprint density at radius 3 is 2.91 bits per heavy atom. The first-order valence-electron chi connectivity index (χ1n) is 7.62. The summed E-state index contributed by atoms with van der Waals surface area (Å²) >= 11 is 6.14. The summed E-state index contributed by atoms with van der Waals surface area (Å²) in [4.78, 5) is 8.41. The number of halogens is 1. The van der Waals surface area contributed by atoms with Gasteiger partial charge in [0.15, 0.2) is 11.6 Å². The van der Waals surface area contributed by atoms with Crippen LogP contribution in [0, 0.1) is 6.92 Å².